The molecule has 0 bridgehead atoms. The molecule has 2 aliphatic carbocycles. The molecule has 0 amide bonds. The van der Waals surface area contributed by atoms with E-state index in [2.05, 4.69) is 70.3 Å². The van der Waals surface area contributed by atoms with Crippen LogP contribution in [0.1, 0.15) is 52.4 Å². The minimum absolute atomic E-state index is 0.161. The van der Waals surface area contributed by atoms with E-state index in [0.29, 0.717) is 26.4 Å². The normalized spacial score (nSPS) is 21.2. The van der Waals surface area contributed by atoms with Crippen LogP contribution in [0.25, 0.3) is 11.4 Å². The molecule has 0 fully saturated rings. The molecule has 0 N–H and O–H groups in total. The predicted octanol–water partition coefficient (Wildman–Crippen LogP) is 4.57. The molecule has 4 aliphatic rings. The van der Waals surface area contributed by atoms with Crippen molar-refractivity contribution in [2.24, 2.45) is 0 Å². The lowest BCUT2D eigenvalue weighted by atomic mass is 10.1. The maximum absolute atomic E-state index is 6.19. The first kappa shape index (κ1) is 28.7. The quantitative estimate of drug-likeness (QED) is 0.177. The zero-order valence-corrected chi connectivity index (χ0v) is 27.0. The van der Waals surface area contributed by atoms with Gasteiger partial charge in [0.2, 0.25) is 0 Å². The largest absolute Gasteiger partial charge is 0.493 e. The summed E-state index contributed by atoms with van der Waals surface area (Å²) in [4.78, 5) is 0. The van der Waals surface area contributed by atoms with Gasteiger partial charge < -0.3 is 18.9 Å². The fraction of sp³-hybridized carbons (Fsp3) is 0.282. The van der Waals surface area contributed by atoms with Crippen LogP contribution in [0.4, 0.5) is 0 Å². The summed E-state index contributed by atoms with van der Waals surface area (Å²) in [5, 5.41) is 9.68. The predicted molar refractivity (Wildman–Crippen MR) is 177 cm³/mol. The van der Waals surface area contributed by atoms with Gasteiger partial charge in [-0.3, -0.25) is 0 Å². The summed E-state index contributed by atoms with van der Waals surface area (Å²) in [7, 11) is 0. The Morgan fingerprint density at radius 2 is 1.04 bits per heavy atom. The van der Waals surface area contributed by atoms with Gasteiger partial charge in [-0.05, 0) is 69.9 Å². The molecule has 0 spiro atoms. The van der Waals surface area contributed by atoms with Crippen LogP contribution in [0.15, 0.2) is 110 Å². The van der Waals surface area contributed by atoms with E-state index >= 15 is 0 Å². The van der Waals surface area contributed by atoms with Crippen LogP contribution in [0.3, 0.4) is 0 Å². The highest BCUT2D eigenvalue weighted by Crippen LogP contribution is 2.40. The lowest BCUT2D eigenvalue weighted by Gasteiger charge is -2.22. The Kier molecular flexibility index (Phi) is 6.83. The van der Waals surface area contributed by atoms with Crippen LogP contribution in [-0.2, 0) is 35.5 Å². The van der Waals surface area contributed by atoms with E-state index in [-0.39, 0.29) is 24.3 Å². The maximum atomic E-state index is 6.19. The van der Waals surface area contributed by atoms with E-state index in [4.69, 9.17) is 29.1 Å². The van der Waals surface area contributed by atoms with Crippen LogP contribution in [0.2, 0.25) is 0 Å². The average Bonchev–Trinajstić information content (AvgIpc) is 3.93. The van der Waals surface area contributed by atoms with E-state index < -0.39 is 0 Å². The van der Waals surface area contributed by atoms with Crippen LogP contribution in [-0.4, -0.2) is 44.8 Å². The van der Waals surface area contributed by atoms with Crippen LogP contribution in [0.5, 0.6) is 11.5 Å². The van der Waals surface area contributed by atoms with Crippen LogP contribution < -0.4 is 18.8 Å². The lowest BCUT2D eigenvalue weighted by molar-refractivity contribution is -0.658. The van der Waals surface area contributed by atoms with E-state index in [9.17, 15) is 0 Å². The van der Waals surface area contributed by atoms with E-state index in [1.54, 1.807) is 0 Å². The van der Waals surface area contributed by atoms with Crippen molar-refractivity contribution in [3.05, 3.63) is 144 Å². The highest BCUT2D eigenvalue weighted by atomic mass is 16.5. The molecule has 2 unspecified atom stereocenters. The molecule has 4 atom stereocenters. The number of hydrogen-bond donors (Lipinski definition) is 0. The van der Waals surface area contributed by atoms with Gasteiger partial charge in [-0.1, -0.05) is 48.5 Å². The van der Waals surface area contributed by atoms with Gasteiger partial charge in [0.1, 0.15) is 36.9 Å². The van der Waals surface area contributed by atoms with Crippen molar-refractivity contribution in [2.45, 2.75) is 56.8 Å². The first-order valence-corrected chi connectivity index (χ1v) is 17.1. The average molecular weight is 653 g/mol. The number of fused-ring (bicyclic) bond motifs is 10. The Morgan fingerprint density at radius 3 is 1.51 bits per heavy atom. The van der Waals surface area contributed by atoms with Gasteiger partial charge in [-0.25, -0.2) is 9.13 Å². The number of hydrogen-bond acceptors (Lipinski definition) is 6. The van der Waals surface area contributed by atoms with Crippen molar-refractivity contribution in [3.63, 3.8) is 0 Å². The fourth-order valence-electron chi connectivity index (χ4n) is 7.92. The highest BCUT2D eigenvalue weighted by molar-refractivity contribution is 5.39. The Morgan fingerprint density at radius 1 is 0.592 bits per heavy atom. The highest BCUT2D eigenvalue weighted by Gasteiger charge is 2.45. The van der Waals surface area contributed by atoms with Gasteiger partial charge in [0.05, 0.1) is 13.2 Å². The summed E-state index contributed by atoms with van der Waals surface area (Å²) >= 11 is 0. The monoisotopic (exact) mass is 652 g/mol. The molecule has 4 aromatic carbocycles. The molecule has 10 nitrogen and oxygen atoms in total. The third-order valence-electron chi connectivity index (χ3n) is 10.3. The molecule has 0 radical (unpaired) electrons. The lowest BCUT2D eigenvalue weighted by Crippen LogP contribution is -2.32. The van der Waals surface area contributed by atoms with Crippen molar-refractivity contribution in [3.8, 4) is 22.9 Å². The third-order valence-corrected chi connectivity index (χ3v) is 10.3. The summed E-state index contributed by atoms with van der Waals surface area (Å²) in [5.41, 5.74) is 7.36. The first-order chi connectivity index (χ1) is 24.2. The number of nitrogens with zero attached hydrogens (tertiary/aromatic N) is 6. The Hall–Kier alpha value is -5.32. The number of rotatable bonds is 8. The second kappa shape index (κ2) is 11.7. The number of aromatic nitrogens is 6. The van der Waals surface area contributed by atoms with E-state index in [1.807, 2.05) is 57.9 Å². The second-order valence-electron chi connectivity index (χ2n) is 13.2. The topological polar surface area (TPSA) is 80.3 Å². The summed E-state index contributed by atoms with van der Waals surface area (Å²) < 4.78 is 32.9. The van der Waals surface area contributed by atoms with Crippen molar-refractivity contribution in [1.29, 1.82) is 0 Å². The summed E-state index contributed by atoms with van der Waals surface area (Å²) in [6.45, 7) is 2.17. The van der Waals surface area contributed by atoms with Crippen LogP contribution >= 0.6 is 0 Å². The Balaban J connectivity index is 0.729. The zero-order valence-electron chi connectivity index (χ0n) is 27.0. The van der Waals surface area contributed by atoms with Gasteiger partial charge in [0.15, 0.2) is 23.5 Å². The molecule has 0 saturated heterocycles. The summed E-state index contributed by atoms with van der Waals surface area (Å²) in [6.07, 6.45) is 7.17. The molecule has 6 aromatic rings. The third kappa shape index (κ3) is 5.01. The molecule has 4 heterocycles. The molecule has 2 aromatic heterocycles. The smallest absolute Gasteiger partial charge is 0.272 e. The van der Waals surface area contributed by atoms with Crippen LogP contribution in [0, 0.1) is 0 Å². The molecule has 10 heteroatoms. The van der Waals surface area contributed by atoms with Gasteiger partial charge >= 0.3 is 0 Å². The summed E-state index contributed by atoms with van der Waals surface area (Å²) in [6, 6.07) is 33.7. The fourth-order valence-corrected chi connectivity index (χ4v) is 7.92. The molecular formula is C39H36N6O4+2. The van der Waals surface area contributed by atoms with Gasteiger partial charge in [0.25, 0.3) is 24.3 Å². The van der Waals surface area contributed by atoms with E-state index in [1.165, 1.54) is 22.3 Å². The number of ether oxygens (including phenoxy) is 4. The molecule has 49 heavy (non-hydrogen) atoms. The van der Waals surface area contributed by atoms with E-state index in [0.717, 1.165) is 53.8 Å². The Bertz CT molecular complexity index is 2000. The SMILES string of the molecule is c1ccc2c(c1)C[C@H]1OCc3n[n+](-c4ccc(OCCCOc5ccc(-[n+]6cn7c(n6)CO[C@@H]6Cc8ccccc8C67)cc5)cc4)cn3C21. The minimum atomic E-state index is 0.161. The standard InChI is InChI=1S/C39H36N6O4/c1-3-8-32-26(6-1)20-34-38(32)42-24-44(40-36(42)22-48-34)28-10-14-30(15-11-28)46-18-5-19-47-31-16-12-29(13-17-31)45-25-43-37(41-45)23-49-35-21-27-7-2-4-9-33(27)39(35)43/h1-4,6-17,24-25,34-35,38-39H,5,18-23H2/q+2/t34-,35-,38?,39?/m1/s1. The summed E-state index contributed by atoms with van der Waals surface area (Å²) in [5.74, 6) is 3.53. The second-order valence-corrected chi connectivity index (χ2v) is 13.2. The maximum Gasteiger partial charge on any atom is 0.272 e. The molecule has 10 rings (SSSR count). The van der Waals surface area contributed by atoms with Gasteiger partial charge in [-0.2, -0.15) is 0 Å². The van der Waals surface area contributed by atoms with Crippen molar-refractivity contribution in [1.82, 2.24) is 19.3 Å². The minimum Gasteiger partial charge on any atom is -0.493 e. The van der Waals surface area contributed by atoms with Crippen molar-refractivity contribution in [2.75, 3.05) is 13.2 Å². The molecule has 2 aliphatic heterocycles. The molecular weight excluding hydrogens is 616 g/mol. The van der Waals surface area contributed by atoms with Gasteiger partial charge in [0, 0.05) is 30.4 Å². The van der Waals surface area contributed by atoms with Crippen molar-refractivity contribution < 1.29 is 28.3 Å². The zero-order chi connectivity index (χ0) is 32.3. The molecule has 244 valence electrons. The van der Waals surface area contributed by atoms with Crippen molar-refractivity contribution >= 4 is 0 Å². The molecule has 0 saturated carbocycles. The number of benzene rings is 4. The first-order valence-electron chi connectivity index (χ1n) is 17.1. The Labute approximate surface area is 283 Å². The van der Waals surface area contributed by atoms with Gasteiger partial charge in [-0.15, -0.1) is 9.36 Å².